The maximum Gasteiger partial charge on any atom is 0.268 e. The van der Waals surface area contributed by atoms with Gasteiger partial charge in [0.2, 0.25) is 0 Å². The van der Waals surface area contributed by atoms with Crippen LogP contribution in [0.4, 0.5) is 0 Å². The Hall–Kier alpha value is -0.810. The molecule has 0 bridgehead atoms. The number of halogens is 1. The molecule has 3 N–H and O–H groups in total. The molecular weight excluding hydrogens is 258 g/mol. The van der Waals surface area contributed by atoms with Gasteiger partial charge in [-0.1, -0.05) is 0 Å². The zero-order chi connectivity index (χ0) is 10.8. The molecule has 0 spiro atoms. The Balaban J connectivity index is 2.14. The van der Waals surface area contributed by atoms with E-state index < -0.39 is 0 Å². The number of hydrogen-bond acceptors (Lipinski definition) is 2. The molecule has 5 heteroatoms. The van der Waals surface area contributed by atoms with Crippen LogP contribution in [-0.4, -0.2) is 23.6 Å². The standard InChI is InChI=1S/C10H14BrN3O/c11-7-5-9(10(15)13-4-3-12)14(6-7)8-1-2-8/h5-6,8H,1-4,12H2,(H,13,15). The summed E-state index contributed by atoms with van der Waals surface area (Å²) in [6.45, 7) is 0.989. The molecule has 2 rings (SSSR count). The predicted octanol–water partition coefficient (Wildman–Crippen LogP) is 1.27. The highest BCUT2D eigenvalue weighted by Gasteiger charge is 2.27. The van der Waals surface area contributed by atoms with Crippen molar-refractivity contribution < 1.29 is 4.79 Å². The number of hydrogen-bond donors (Lipinski definition) is 2. The molecule has 15 heavy (non-hydrogen) atoms. The molecule has 1 saturated carbocycles. The van der Waals surface area contributed by atoms with Crippen molar-refractivity contribution in [1.82, 2.24) is 9.88 Å². The zero-order valence-corrected chi connectivity index (χ0v) is 9.96. The predicted molar refractivity (Wildman–Crippen MR) is 61.8 cm³/mol. The lowest BCUT2D eigenvalue weighted by molar-refractivity contribution is 0.0945. The lowest BCUT2D eigenvalue weighted by atomic mass is 10.4. The van der Waals surface area contributed by atoms with Crippen LogP contribution in [0.15, 0.2) is 16.7 Å². The van der Waals surface area contributed by atoms with Crippen LogP contribution in [0.5, 0.6) is 0 Å². The van der Waals surface area contributed by atoms with E-state index in [-0.39, 0.29) is 5.91 Å². The summed E-state index contributed by atoms with van der Waals surface area (Å²) in [7, 11) is 0. The molecule has 1 aliphatic carbocycles. The van der Waals surface area contributed by atoms with Crippen LogP contribution in [0.3, 0.4) is 0 Å². The van der Waals surface area contributed by atoms with Gasteiger partial charge in [-0.2, -0.15) is 0 Å². The van der Waals surface area contributed by atoms with E-state index in [2.05, 4.69) is 21.2 Å². The fourth-order valence-corrected chi connectivity index (χ4v) is 2.00. The van der Waals surface area contributed by atoms with Gasteiger partial charge in [0.25, 0.3) is 5.91 Å². The second kappa shape index (κ2) is 4.37. The Kier molecular flexibility index (Phi) is 3.11. The maximum atomic E-state index is 11.8. The zero-order valence-electron chi connectivity index (χ0n) is 8.37. The molecule has 1 heterocycles. The molecule has 1 aromatic heterocycles. The molecule has 1 aromatic rings. The van der Waals surface area contributed by atoms with Gasteiger partial charge >= 0.3 is 0 Å². The Morgan fingerprint density at radius 3 is 3.00 bits per heavy atom. The molecule has 0 radical (unpaired) electrons. The minimum Gasteiger partial charge on any atom is -0.349 e. The van der Waals surface area contributed by atoms with Crippen LogP contribution in [-0.2, 0) is 0 Å². The summed E-state index contributed by atoms with van der Waals surface area (Å²) in [6, 6.07) is 2.36. The lowest BCUT2D eigenvalue weighted by Gasteiger charge is -2.07. The van der Waals surface area contributed by atoms with E-state index in [1.54, 1.807) is 0 Å². The molecule has 0 saturated heterocycles. The van der Waals surface area contributed by atoms with Crippen LogP contribution in [0.2, 0.25) is 0 Å². The van der Waals surface area contributed by atoms with E-state index in [1.807, 2.05) is 16.8 Å². The minimum absolute atomic E-state index is 0.0435. The van der Waals surface area contributed by atoms with Crippen molar-refractivity contribution >= 4 is 21.8 Å². The third-order valence-electron chi connectivity index (χ3n) is 2.42. The summed E-state index contributed by atoms with van der Waals surface area (Å²) in [5, 5.41) is 2.78. The molecule has 1 fully saturated rings. The number of amides is 1. The Morgan fingerprint density at radius 2 is 2.40 bits per heavy atom. The highest BCUT2D eigenvalue weighted by atomic mass is 79.9. The molecule has 4 nitrogen and oxygen atoms in total. The first kappa shape index (κ1) is 10.7. The number of nitrogens with two attached hydrogens (primary N) is 1. The van der Waals surface area contributed by atoms with Crippen molar-refractivity contribution in [2.45, 2.75) is 18.9 Å². The van der Waals surface area contributed by atoms with E-state index >= 15 is 0 Å². The van der Waals surface area contributed by atoms with Gasteiger partial charge in [0, 0.05) is 29.8 Å². The van der Waals surface area contributed by atoms with Gasteiger partial charge in [0.05, 0.1) is 0 Å². The Bertz CT molecular complexity index is 371. The SMILES string of the molecule is NCCNC(=O)c1cc(Br)cn1C1CC1. The molecular formula is C10H14BrN3O. The van der Waals surface area contributed by atoms with E-state index in [0.29, 0.717) is 19.1 Å². The monoisotopic (exact) mass is 271 g/mol. The van der Waals surface area contributed by atoms with E-state index in [4.69, 9.17) is 5.73 Å². The summed E-state index contributed by atoms with van der Waals surface area (Å²) in [5.74, 6) is -0.0435. The summed E-state index contributed by atoms with van der Waals surface area (Å²) >= 11 is 3.39. The van der Waals surface area contributed by atoms with Gasteiger partial charge in [-0.15, -0.1) is 0 Å². The van der Waals surface area contributed by atoms with Gasteiger partial charge in [0.1, 0.15) is 5.69 Å². The summed E-state index contributed by atoms with van der Waals surface area (Å²) in [6.07, 6.45) is 4.30. The average Bonchev–Trinajstić information content (AvgIpc) is 2.98. The molecule has 1 amide bonds. The van der Waals surface area contributed by atoms with E-state index in [9.17, 15) is 4.79 Å². The number of carbonyl (C=O) groups excluding carboxylic acids is 1. The number of nitrogens with one attached hydrogen (secondary N) is 1. The Morgan fingerprint density at radius 1 is 1.67 bits per heavy atom. The molecule has 0 unspecified atom stereocenters. The minimum atomic E-state index is -0.0435. The van der Waals surface area contributed by atoms with Gasteiger partial charge < -0.3 is 15.6 Å². The Labute approximate surface area is 97.0 Å². The summed E-state index contributed by atoms with van der Waals surface area (Å²) in [5.41, 5.74) is 6.06. The maximum absolute atomic E-state index is 11.8. The lowest BCUT2D eigenvalue weighted by Crippen LogP contribution is -2.30. The van der Waals surface area contributed by atoms with Crippen molar-refractivity contribution in [2.75, 3.05) is 13.1 Å². The topological polar surface area (TPSA) is 60.0 Å². The first-order valence-corrected chi connectivity index (χ1v) is 5.87. The normalized spacial score (nSPS) is 15.3. The summed E-state index contributed by atoms with van der Waals surface area (Å²) < 4.78 is 2.99. The molecule has 0 atom stereocenters. The molecule has 0 aliphatic heterocycles. The highest BCUT2D eigenvalue weighted by molar-refractivity contribution is 9.10. The van der Waals surface area contributed by atoms with Gasteiger partial charge in [-0.3, -0.25) is 4.79 Å². The van der Waals surface area contributed by atoms with Gasteiger partial charge in [0.15, 0.2) is 0 Å². The fraction of sp³-hybridized carbons (Fsp3) is 0.500. The molecule has 82 valence electrons. The first-order valence-electron chi connectivity index (χ1n) is 5.08. The van der Waals surface area contributed by atoms with E-state index in [1.165, 1.54) is 0 Å². The van der Waals surface area contributed by atoms with Crippen LogP contribution in [0, 0.1) is 0 Å². The third kappa shape index (κ3) is 2.41. The van der Waals surface area contributed by atoms with Crippen LogP contribution in [0.1, 0.15) is 29.4 Å². The van der Waals surface area contributed by atoms with Crippen molar-refractivity contribution in [3.8, 4) is 0 Å². The molecule has 0 aromatic carbocycles. The van der Waals surface area contributed by atoms with Crippen molar-refractivity contribution in [2.24, 2.45) is 5.73 Å². The second-order valence-corrected chi connectivity index (χ2v) is 4.64. The van der Waals surface area contributed by atoms with Gasteiger partial charge in [-0.05, 0) is 34.8 Å². The molecule has 1 aliphatic rings. The van der Waals surface area contributed by atoms with E-state index in [0.717, 1.165) is 23.0 Å². The largest absolute Gasteiger partial charge is 0.349 e. The van der Waals surface area contributed by atoms with Crippen molar-refractivity contribution in [3.63, 3.8) is 0 Å². The first-order chi connectivity index (χ1) is 7.22. The number of nitrogens with zero attached hydrogens (tertiary/aromatic N) is 1. The van der Waals surface area contributed by atoms with Crippen LogP contribution in [0.25, 0.3) is 0 Å². The van der Waals surface area contributed by atoms with Gasteiger partial charge in [-0.25, -0.2) is 0 Å². The van der Waals surface area contributed by atoms with Crippen molar-refractivity contribution in [1.29, 1.82) is 0 Å². The van der Waals surface area contributed by atoms with Crippen molar-refractivity contribution in [3.05, 3.63) is 22.4 Å². The summed E-state index contributed by atoms with van der Waals surface area (Å²) in [4.78, 5) is 11.8. The highest BCUT2D eigenvalue weighted by Crippen LogP contribution is 2.37. The smallest absolute Gasteiger partial charge is 0.268 e. The van der Waals surface area contributed by atoms with Crippen LogP contribution < -0.4 is 11.1 Å². The average molecular weight is 272 g/mol. The number of aromatic nitrogens is 1. The number of carbonyl (C=O) groups is 1. The quantitative estimate of drug-likeness (QED) is 0.867. The number of rotatable bonds is 4. The fourth-order valence-electron chi connectivity index (χ4n) is 1.56. The van der Waals surface area contributed by atoms with Crippen LogP contribution >= 0.6 is 15.9 Å². The second-order valence-electron chi connectivity index (χ2n) is 3.73. The third-order valence-corrected chi connectivity index (χ3v) is 2.85.